The number of aliphatic imine (C=N–C) groups is 1. The molecule has 0 saturated carbocycles. The molecule has 0 heterocycles. The molecule has 1 unspecified atom stereocenters. The number of aliphatic hydroxyl groups excluding tert-OH is 1. The van der Waals surface area contributed by atoms with E-state index in [1.54, 1.807) is 31.3 Å². The van der Waals surface area contributed by atoms with Crippen LogP contribution in [0, 0.1) is 0 Å². The van der Waals surface area contributed by atoms with E-state index in [-0.39, 0.29) is 0 Å². The Morgan fingerprint density at radius 3 is 2.94 bits per heavy atom. The Hall–Kier alpha value is -2.14. The first-order chi connectivity index (χ1) is 8.60. The zero-order valence-corrected chi connectivity index (χ0v) is 10.4. The number of hydrogen-bond donors (Lipinski definition) is 2. The summed E-state index contributed by atoms with van der Waals surface area (Å²) in [6.07, 6.45) is 0.503. The molecule has 5 nitrogen and oxygen atoms in total. The summed E-state index contributed by atoms with van der Waals surface area (Å²) in [4.78, 5) is 15.1. The maximum Gasteiger partial charge on any atom is 0.337 e. The van der Waals surface area contributed by atoms with Crippen LogP contribution < -0.4 is 5.32 Å². The fourth-order valence-corrected chi connectivity index (χ4v) is 1.38. The summed E-state index contributed by atoms with van der Waals surface area (Å²) in [5, 5.41) is 12.8. The van der Waals surface area contributed by atoms with Gasteiger partial charge in [0.05, 0.1) is 19.0 Å². The maximum atomic E-state index is 11.4. The third-order valence-electron chi connectivity index (χ3n) is 2.33. The van der Waals surface area contributed by atoms with E-state index in [9.17, 15) is 9.90 Å². The number of ether oxygens (including phenoxy) is 1. The van der Waals surface area contributed by atoms with Crippen LogP contribution in [0.25, 0.3) is 0 Å². The topological polar surface area (TPSA) is 70.9 Å². The number of aliphatic hydroxyl groups is 1. The minimum atomic E-state index is -0.924. The van der Waals surface area contributed by atoms with Crippen molar-refractivity contribution in [3.8, 4) is 0 Å². The van der Waals surface area contributed by atoms with E-state index in [0.717, 1.165) is 0 Å². The van der Waals surface area contributed by atoms with E-state index in [1.807, 2.05) is 0 Å². The van der Waals surface area contributed by atoms with Gasteiger partial charge in [-0.1, -0.05) is 18.7 Å². The van der Waals surface area contributed by atoms with Crippen LogP contribution in [0.15, 0.2) is 41.5 Å². The molecule has 5 heteroatoms. The Bertz CT molecular complexity index is 469. The van der Waals surface area contributed by atoms with Crippen LogP contribution >= 0.6 is 0 Å². The van der Waals surface area contributed by atoms with Crippen LogP contribution in [-0.4, -0.2) is 31.6 Å². The van der Waals surface area contributed by atoms with Crippen molar-refractivity contribution in [1.82, 2.24) is 5.32 Å². The molecule has 0 spiro atoms. The Morgan fingerprint density at radius 2 is 2.33 bits per heavy atom. The van der Waals surface area contributed by atoms with Crippen molar-refractivity contribution in [2.75, 3.05) is 14.2 Å². The Kier molecular flexibility index (Phi) is 5.07. The van der Waals surface area contributed by atoms with Crippen LogP contribution in [0.5, 0.6) is 0 Å². The van der Waals surface area contributed by atoms with Gasteiger partial charge >= 0.3 is 5.97 Å². The van der Waals surface area contributed by atoms with E-state index in [2.05, 4.69) is 21.6 Å². The zero-order chi connectivity index (χ0) is 13.5. The van der Waals surface area contributed by atoms with Crippen molar-refractivity contribution in [2.24, 2.45) is 4.99 Å². The molecule has 0 fully saturated rings. The van der Waals surface area contributed by atoms with Crippen LogP contribution in [0.3, 0.4) is 0 Å². The molecule has 0 bridgehead atoms. The quantitative estimate of drug-likeness (QED) is 0.467. The number of carbonyl (C=O) groups is 1. The summed E-state index contributed by atoms with van der Waals surface area (Å²) >= 11 is 0. The van der Waals surface area contributed by atoms with E-state index in [1.165, 1.54) is 13.4 Å². The third-order valence-corrected chi connectivity index (χ3v) is 2.33. The number of esters is 1. The van der Waals surface area contributed by atoms with E-state index in [0.29, 0.717) is 16.8 Å². The summed E-state index contributed by atoms with van der Waals surface area (Å²) in [7, 11) is 2.91. The number of nitrogens with zero attached hydrogens (tertiary/aromatic N) is 1. The summed E-state index contributed by atoms with van der Waals surface area (Å²) < 4.78 is 4.62. The lowest BCUT2D eigenvalue weighted by Crippen LogP contribution is -2.16. The minimum Gasteiger partial charge on any atom is -0.465 e. The number of carbonyl (C=O) groups excluding carboxylic acids is 1. The molecule has 0 aliphatic rings. The predicted molar refractivity (Wildman–Crippen MR) is 69.4 cm³/mol. The van der Waals surface area contributed by atoms with Crippen molar-refractivity contribution < 1.29 is 14.6 Å². The molecular formula is C13H16N2O3. The monoisotopic (exact) mass is 248 g/mol. The van der Waals surface area contributed by atoms with Crippen molar-refractivity contribution in [3.63, 3.8) is 0 Å². The lowest BCUT2D eigenvalue weighted by molar-refractivity contribution is 0.0600. The number of nitrogens with one attached hydrogen (secondary N) is 1. The molecule has 2 N–H and O–H groups in total. The summed E-state index contributed by atoms with van der Waals surface area (Å²) in [6.45, 7) is 3.69. The van der Waals surface area contributed by atoms with E-state index >= 15 is 0 Å². The second-order valence-electron chi connectivity index (χ2n) is 3.58. The van der Waals surface area contributed by atoms with Gasteiger partial charge in [-0.3, -0.25) is 4.99 Å². The van der Waals surface area contributed by atoms with Gasteiger partial charge in [-0.25, -0.2) is 4.79 Å². The molecular weight excluding hydrogens is 232 g/mol. The van der Waals surface area contributed by atoms with Crippen molar-refractivity contribution in [3.05, 3.63) is 47.7 Å². The van der Waals surface area contributed by atoms with E-state index < -0.39 is 12.1 Å². The molecule has 0 aliphatic heterocycles. The molecule has 0 amide bonds. The molecule has 96 valence electrons. The molecule has 1 aromatic carbocycles. The molecule has 18 heavy (non-hydrogen) atoms. The number of benzene rings is 1. The third kappa shape index (κ3) is 3.43. The Balaban J connectivity index is 2.89. The van der Waals surface area contributed by atoms with Gasteiger partial charge in [-0.05, 0) is 17.7 Å². The standard InChI is InChI=1S/C13H16N2O3/c1-9(15-8-14-2)12(16)10-5-4-6-11(7-10)13(17)18-3/h4-8,12,16H,1H2,2-3H3,(H,14,15). The highest BCUT2D eigenvalue weighted by atomic mass is 16.5. The first kappa shape index (κ1) is 13.9. The highest BCUT2D eigenvalue weighted by molar-refractivity contribution is 5.89. The van der Waals surface area contributed by atoms with Crippen LogP contribution in [0.1, 0.15) is 22.0 Å². The fourth-order valence-electron chi connectivity index (χ4n) is 1.38. The first-order valence-electron chi connectivity index (χ1n) is 5.32. The van der Waals surface area contributed by atoms with Crippen molar-refractivity contribution in [2.45, 2.75) is 6.10 Å². The van der Waals surface area contributed by atoms with Crippen LogP contribution in [0.2, 0.25) is 0 Å². The number of methoxy groups -OCH3 is 1. The van der Waals surface area contributed by atoms with Crippen molar-refractivity contribution >= 4 is 12.3 Å². The van der Waals surface area contributed by atoms with Crippen LogP contribution in [-0.2, 0) is 4.74 Å². The van der Waals surface area contributed by atoms with Gasteiger partial charge in [0, 0.05) is 12.7 Å². The molecule has 0 saturated heterocycles. The lowest BCUT2D eigenvalue weighted by Gasteiger charge is -2.14. The van der Waals surface area contributed by atoms with Gasteiger partial charge in [-0.15, -0.1) is 0 Å². The molecule has 0 aromatic heterocycles. The number of hydrogen-bond acceptors (Lipinski definition) is 4. The highest BCUT2D eigenvalue weighted by Crippen LogP contribution is 2.19. The smallest absolute Gasteiger partial charge is 0.337 e. The van der Waals surface area contributed by atoms with Gasteiger partial charge in [0.2, 0.25) is 0 Å². The minimum absolute atomic E-state index is 0.377. The summed E-state index contributed by atoms with van der Waals surface area (Å²) in [5.74, 6) is -0.447. The highest BCUT2D eigenvalue weighted by Gasteiger charge is 2.13. The Morgan fingerprint density at radius 1 is 1.61 bits per heavy atom. The second-order valence-corrected chi connectivity index (χ2v) is 3.58. The molecule has 1 rings (SSSR count). The second kappa shape index (κ2) is 6.56. The Labute approximate surface area is 106 Å². The molecule has 0 radical (unpaired) electrons. The maximum absolute atomic E-state index is 11.4. The van der Waals surface area contributed by atoms with Gasteiger partial charge in [-0.2, -0.15) is 0 Å². The van der Waals surface area contributed by atoms with Gasteiger partial charge in [0.1, 0.15) is 6.10 Å². The van der Waals surface area contributed by atoms with Gasteiger partial charge in [0.15, 0.2) is 0 Å². The van der Waals surface area contributed by atoms with Gasteiger partial charge in [0.25, 0.3) is 0 Å². The fraction of sp³-hybridized carbons (Fsp3) is 0.231. The molecule has 1 atom stereocenters. The lowest BCUT2D eigenvalue weighted by atomic mass is 10.0. The van der Waals surface area contributed by atoms with E-state index in [4.69, 9.17) is 0 Å². The SMILES string of the molecule is C=C(N/C=N\C)C(O)c1cccc(C(=O)OC)c1. The normalized spacial score (nSPS) is 12.2. The average molecular weight is 248 g/mol. The molecule has 1 aromatic rings. The summed E-state index contributed by atoms with van der Waals surface area (Å²) in [6, 6.07) is 6.55. The van der Waals surface area contributed by atoms with Crippen molar-refractivity contribution in [1.29, 1.82) is 0 Å². The molecule has 0 aliphatic carbocycles. The average Bonchev–Trinajstić information content (AvgIpc) is 2.43. The summed E-state index contributed by atoms with van der Waals surface area (Å²) in [5.41, 5.74) is 1.31. The van der Waals surface area contributed by atoms with Crippen LogP contribution in [0.4, 0.5) is 0 Å². The zero-order valence-electron chi connectivity index (χ0n) is 10.4. The number of rotatable bonds is 5. The predicted octanol–water partition coefficient (Wildman–Crippen LogP) is 1.27. The van der Waals surface area contributed by atoms with Gasteiger partial charge < -0.3 is 15.2 Å². The largest absolute Gasteiger partial charge is 0.465 e. The first-order valence-corrected chi connectivity index (χ1v) is 5.32.